The van der Waals surface area contributed by atoms with Crippen molar-refractivity contribution in [1.29, 1.82) is 0 Å². The standard InChI is InChI=1S/C6H22N2O24P8/c9-33(10,11)3(34(12,13)14)7-5(37(21,22)23,38(24,25)26)1-2-6(39(27,28)29,40(30,31)32)8-4(35(15,16)17)36(18,19)20/h3-4H,1-2H2,(H2,9,10,11)(H2,12,13,14)(H2,15,16,17)(H2,18,19,20)(H2,21,22,23)(H2,24,25,26)(H2,27,28,29)(H2,30,31,32). The van der Waals surface area contributed by atoms with Crippen LogP contribution in [0.4, 0.5) is 0 Å². The summed E-state index contributed by atoms with van der Waals surface area (Å²) < 4.78 is 95.0. The van der Waals surface area contributed by atoms with Gasteiger partial charge in [0.05, 0.1) is 0 Å². The van der Waals surface area contributed by atoms with E-state index in [1.54, 1.807) is 0 Å². The number of nitrogens with zero attached hydrogens (tertiary/aromatic N) is 2. The Morgan fingerprint density at radius 1 is 0.375 bits per heavy atom. The Kier molecular flexibility index (Phi) is 12.5. The molecule has 40 heavy (non-hydrogen) atoms. The quantitative estimate of drug-likeness (QED) is 0.0714. The maximum Gasteiger partial charge on any atom is 0.359 e. The van der Waals surface area contributed by atoms with E-state index in [0.29, 0.717) is 0 Å². The summed E-state index contributed by atoms with van der Waals surface area (Å²) in [7, 11) is -53.9. The Bertz CT molecular complexity index is 1130. The van der Waals surface area contributed by atoms with Gasteiger partial charge < -0.3 is 78.3 Å². The molecule has 26 nitrogen and oxygen atoms in total. The molecule has 0 aromatic carbocycles. The van der Waals surface area contributed by atoms with Crippen molar-refractivity contribution < 1.29 is 115 Å². The second-order valence-corrected chi connectivity index (χ2v) is 23.0. The normalized spacial score (nSPS) is 16.1. The van der Waals surface area contributed by atoms with Crippen molar-refractivity contribution in [1.82, 2.24) is 10.6 Å². The molecule has 0 aliphatic carbocycles. The summed E-state index contributed by atoms with van der Waals surface area (Å²) in [4.78, 5) is 150. The fraction of sp³-hybridized carbons (Fsp3) is 1.00. The largest absolute Gasteiger partial charge is 0.359 e. The van der Waals surface area contributed by atoms with Crippen LogP contribution in [0.5, 0.6) is 0 Å². The van der Waals surface area contributed by atoms with Crippen LogP contribution in [-0.2, 0) is 36.5 Å². The molecule has 0 unspecified atom stereocenters. The van der Waals surface area contributed by atoms with Gasteiger partial charge in [0.25, 0.3) is 0 Å². The Hall–Kier alpha value is 1.12. The van der Waals surface area contributed by atoms with Crippen LogP contribution in [0.2, 0.25) is 0 Å². The van der Waals surface area contributed by atoms with Crippen molar-refractivity contribution in [2.75, 3.05) is 0 Å². The molecule has 240 valence electrons. The smallest absolute Gasteiger partial charge is 0.323 e. The highest BCUT2D eigenvalue weighted by atomic mass is 31.3. The van der Waals surface area contributed by atoms with E-state index in [-0.39, 0.29) is 0 Å². The molecule has 16 N–H and O–H groups in total. The van der Waals surface area contributed by atoms with Crippen LogP contribution in [0.1, 0.15) is 12.8 Å². The van der Waals surface area contributed by atoms with E-state index in [2.05, 4.69) is 10.6 Å². The van der Waals surface area contributed by atoms with Crippen LogP contribution in [-0.4, -0.2) is 99.4 Å². The fourth-order valence-electron chi connectivity index (χ4n) is 2.75. The van der Waals surface area contributed by atoms with Crippen LogP contribution < -0.4 is 10.6 Å². The third kappa shape index (κ3) is 9.31. The summed E-state index contributed by atoms with van der Waals surface area (Å²) in [6.45, 7) is 0. The van der Waals surface area contributed by atoms with Crippen molar-refractivity contribution in [3.63, 3.8) is 0 Å². The lowest BCUT2D eigenvalue weighted by Gasteiger charge is -2.41. The lowest BCUT2D eigenvalue weighted by molar-refractivity contribution is 0.236. The Balaban J connectivity index is 7.73. The summed E-state index contributed by atoms with van der Waals surface area (Å²) >= 11 is 0. The minimum Gasteiger partial charge on any atom is -0.323 e. The van der Waals surface area contributed by atoms with Crippen LogP contribution in [0.15, 0.2) is 0 Å². The highest BCUT2D eigenvalue weighted by Crippen LogP contribution is 2.77. The number of rotatable bonds is 15. The average Bonchev–Trinajstić information content (AvgIpc) is 2.54. The SMILES string of the molecule is O=P(O)(O)C([N]C(CCC([N]C(P(=O)(O)O)P(=O)(O)O)(P(=O)(O)O)P(=O)(O)O)(P(=O)(O)O)P(=O)(O)O)P(=O)(O)O. The predicted molar refractivity (Wildman–Crippen MR) is 123 cm³/mol. The maximum absolute atomic E-state index is 12.2. The predicted octanol–water partition coefficient (Wildman–Crippen LogP) is -3.73. The third-order valence-electron chi connectivity index (χ3n) is 4.51. The zero-order valence-corrected chi connectivity index (χ0v) is 25.6. The second kappa shape index (κ2) is 12.1. The molecular formula is C6H22N2O24P8. The monoisotopic (exact) mass is 754 g/mol. The van der Waals surface area contributed by atoms with Gasteiger partial charge in [0, 0.05) is 0 Å². The van der Waals surface area contributed by atoms with Crippen LogP contribution in [0, 0.1) is 0 Å². The van der Waals surface area contributed by atoms with Gasteiger partial charge >= 0.3 is 60.8 Å². The molecule has 2 radical (unpaired) electrons. The van der Waals surface area contributed by atoms with Gasteiger partial charge in [0.15, 0.2) is 0 Å². The average molecular weight is 754 g/mol. The van der Waals surface area contributed by atoms with Crippen molar-refractivity contribution in [2.24, 2.45) is 0 Å². The number of hydrogen-bond acceptors (Lipinski definition) is 8. The van der Waals surface area contributed by atoms with E-state index in [9.17, 15) is 115 Å². The molecule has 0 aliphatic heterocycles. The molecule has 0 spiro atoms. The summed E-state index contributed by atoms with van der Waals surface area (Å²) in [6.07, 6.45) is -5.38. The van der Waals surface area contributed by atoms with Gasteiger partial charge in [-0.2, -0.15) is 10.6 Å². The Labute approximate surface area is 220 Å². The summed E-state index contributed by atoms with van der Waals surface area (Å²) in [5.74, 6) is 0. The molecule has 0 aliphatic rings. The van der Waals surface area contributed by atoms with Gasteiger partial charge in [-0.25, -0.2) is 0 Å². The molecule has 0 bridgehead atoms. The molecule has 0 rings (SSSR count). The molecule has 0 aromatic heterocycles. The lowest BCUT2D eigenvalue weighted by Crippen LogP contribution is -2.49. The van der Waals surface area contributed by atoms with Crippen LogP contribution in [0.3, 0.4) is 0 Å². The van der Waals surface area contributed by atoms with Gasteiger partial charge in [0.2, 0.25) is 21.1 Å². The van der Waals surface area contributed by atoms with E-state index >= 15 is 0 Å². The minimum atomic E-state index is -6.98. The van der Waals surface area contributed by atoms with Crippen LogP contribution in [0.25, 0.3) is 0 Å². The molecule has 0 saturated carbocycles. The maximum atomic E-state index is 12.2. The summed E-state index contributed by atoms with van der Waals surface area (Å²) in [6, 6.07) is 0. The van der Waals surface area contributed by atoms with E-state index in [1.807, 2.05) is 0 Å². The van der Waals surface area contributed by atoms with Crippen LogP contribution >= 0.6 is 60.8 Å². The molecule has 34 heteroatoms. The second-order valence-electron chi connectivity index (χ2n) is 7.53. The van der Waals surface area contributed by atoms with Crippen molar-refractivity contribution in [2.45, 2.75) is 33.9 Å². The Morgan fingerprint density at radius 3 is 0.625 bits per heavy atom. The lowest BCUT2D eigenvalue weighted by atomic mass is 10.3. The molecule has 0 fully saturated rings. The topological polar surface area (TPSA) is 488 Å². The molecule has 0 atom stereocenters. The highest BCUT2D eigenvalue weighted by Gasteiger charge is 2.70. The first kappa shape index (κ1) is 41.1. The highest BCUT2D eigenvalue weighted by molar-refractivity contribution is 7.74. The van der Waals surface area contributed by atoms with E-state index in [4.69, 9.17) is 0 Å². The summed E-state index contributed by atoms with van der Waals surface area (Å²) in [5.41, 5.74) is -8.12. The van der Waals surface area contributed by atoms with Gasteiger partial charge in [-0.1, -0.05) is 0 Å². The summed E-state index contributed by atoms with van der Waals surface area (Å²) in [5, 5.41) is -5.46. The van der Waals surface area contributed by atoms with Crippen molar-refractivity contribution >= 4 is 60.8 Å². The first-order valence-corrected chi connectivity index (χ1v) is 21.9. The molecule has 0 heterocycles. The van der Waals surface area contributed by atoms with Gasteiger partial charge in [-0.3, -0.25) is 36.5 Å². The first-order chi connectivity index (χ1) is 16.9. The fourth-order valence-corrected chi connectivity index (χ4v) is 13.4. The minimum absolute atomic E-state index is 2.23. The zero-order valence-electron chi connectivity index (χ0n) is 18.5. The van der Waals surface area contributed by atoms with Gasteiger partial charge in [-0.05, 0) is 12.8 Å². The van der Waals surface area contributed by atoms with E-state index in [1.165, 1.54) is 0 Å². The van der Waals surface area contributed by atoms with Crippen molar-refractivity contribution in [3.8, 4) is 0 Å². The number of hydrogen-bond donors (Lipinski definition) is 16. The molecular weight excluding hydrogens is 732 g/mol. The zero-order chi connectivity index (χ0) is 33.0. The molecule has 0 amide bonds. The van der Waals surface area contributed by atoms with E-state index < -0.39 is 94.7 Å². The van der Waals surface area contributed by atoms with Gasteiger partial charge in [0.1, 0.15) is 0 Å². The van der Waals surface area contributed by atoms with E-state index in [0.717, 1.165) is 0 Å². The third-order valence-corrected chi connectivity index (χ3v) is 19.2. The van der Waals surface area contributed by atoms with Gasteiger partial charge in [-0.15, -0.1) is 0 Å². The molecule has 0 saturated heterocycles. The Morgan fingerprint density at radius 2 is 0.525 bits per heavy atom. The van der Waals surface area contributed by atoms with Crippen molar-refractivity contribution in [3.05, 3.63) is 0 Å². The first-order valence-electron chi connectivity index (χ1n) is 8.76. The molecule has 0 aromatic rings.